The third-order valence-corrected chi connectivity index (χ3v) is 8.49. The zero-order valence-corrected chi connectivity index (χ0v) is 17.6. The SMILES string of the molecule is CC1(C)C2CC=C(/C=N/NC(=O)c3cccc(S(=O)(=O)N4CCOCC4)c3)C1C2. The van der Waals surface area contributed by atoms with E-state index in [4.69, 9.17) is 4.74 Å². The Morgan fingerprint density at radius 1 is 1.31 bits per heavy atom. The molecule has 0 spiro atoms. The van der Waals surface area contributed by atoms with Crippen molar-refractivity contribution in [3.63, 3.8) is 0 Å². The summed E-state index contributed by atoms with van der Waals surface area (Å²) in [7, 11) is -3.64. The average Bonchev–Trinajstić information content (AvgIpc) is 2.74. The number of carbonyl (C=O) groups is 1. The van der Waals surface area contributed by atoms with Crippen LogP contribution in [0, 0.1) is 17.3 Å². The van der Waals surface area contributed by atoms with Crippen molar-refractivity contribution in [2.24, 2.45) is 22.4 Å². The van der Waals surface area contributed by atoms with Crippen molar-refractivity contribution < 1.29 is 17.9 Å². The fraction of sp³-hybridized carbons (Fsp3) is 0.524. The van der Waals surface area contributed by atoms with E-state index in [1.54, 1.807) is 18.3 Å². The summed E-state index contributed by atoms with van der Waals surface area (Å²) < 4.78 is 32.2. The van der Waals surface area contributed by atoms with E-state index in [-0.39, 0.29) is 10.5 Å². The van der Waals surface area contributed by atoms with Gasteiger partial charge in [0.2, 0.25) is 10.0 Å². The second-order valence-corrected chi connectivity index (χ2v) is 10.4. The van der Waals surface area contributed by atoms with Crippen LogP contribution in [-0.4, -0.2) is 51.1 Å². The fourth-order valence-corrected chi connectivity index (χ4v) is 5.96. The van der Waals surface area contributed by atoms with Crippen LogP contribution < -0.4 is 5.43 Å². The summed E-state index contributed by atoms with van der Waals surface area (Å²) in [6.07, 6.45) is 6.17. The number of ether oxygens (including phenoxy) is 1. The molecule has 1 N–H and O–H groups in total. The van der Waals surface area contributed by atoms with Crippen molar-refractivity contribution in [1.82, 2.24) is 9.73 Å². The van der Waals surface area contributed by atoms with Gasteiger partial charge in [0.25, 0.3) is 5.91 Å². The Hall–Kier alpha value is -2.03. The Morgan fingerprint density at radius 3 is 2.76 bits per heavy atom. The smallest absolute Gasteiger partial charge is 0.271 e. The number of hydrogen-bond donors (Lipinski definition) is 1. The van der Waals surface area contributed by atoms with Gasteiger partial charge in [-0.1, -0.05) is 26.0 Å². The summed E-state index contributed by atoms with van der Waals surface area (Å²) in [6.45, 7) is 5.95. The molecule has 3 aliphatic carbocycles. The van der Waals surface area contributed by atoms with Gasteiger partial charge in [-0.15, -0.1) is 0 Å². The lowest BCUT2D eigenvalue weighted by molar-refractivity contribution is -0.00126. The van der Waals surface area contributed by atoms with Crippen molar-refractivity contribution in [2.75, 3.05) is 26.3 Å². The molecule has 1 aromatic rings. The molecule has 156 valence electrons. The van der Waals surface area contributed by atoms with E-state index < -0.39 is 15.9 Å². The number of sulfonamides is 1. The zero-order chi connectivity index (χ0) is 20.6. The fourth-order valence-electron chi connectivity index (χ4n) is 4.51. The highest BCUT2D eigenvalue weighted by molar-refractivity contribution is 7.89. The summed E-state index contributed by atoms with van der Waals surface area (Å²) in [5.41, 5.74) is 4.26. The van der Waals surface area contributed by atoms with Gasteiger partial charge in [0, 0.05) is 18.7 Å². The predicted octanol–water partition coefficient (Wildman–Crippen LogP) is 2.42. The van der Waals surface area contributed by atoms with Crippen LogP contribution in [0.4, 0.5) is 0 Å². The summed E-state index contributed by atoms with van der Waals surface area (Å²) in [6, 6.07) is 6.07. The third-order valence-electron chi connectivity index (χ3n) is 6.59. The highest BCUT2D eigenvalue weighted by atomic mass is 32.2. The van der Waals surface area contributed by atoms with Gasteiger partial charge >= 0.3 is 0 Å². The molecule has 0 aromatic heterocycles. The first-order valence-electron chi connectivity index (χ1n) is 10.0. The first-order valence-corrected chi connectivity index (χ1v) is 11.5. The van der Waals surface area contributed by atoms with E-state index >= 15 is 0 Å². The van der Waals surface area contributed by atoms with Gasteiger partial charge in [-0.3, -0.25) is 4.79 Å². The summed E-state index contributed by atoms with van der Waals surface area (Å²) in [4.78, 5) is 12.6. The molecule has 7 nitrogen and oxygen atoms in total. The van der Waals surface area contributed by atoms with Crippen LogP contribution in [0.25, 0.3) is 0 Å². The largest absolute Gasteiger partial charge is 0.379 e. The van der Waals surface area contributed by atoms with Crippen molar-refractivity contribution in [3.05, 3.63) is 41.5 Å². The van der Waals surface area contributed by atoms with E-state index in [1.807, 2.05) is 0 Å². The van der Waals surface area contributed by atoms with Crippen LogP contribution in [0.1, 0.15) is 37.0 Å². The number of allylic oxidation sites excluding steroid dienone is 2. The van der Waals surface area contributed by atoms with Gasteiger partial charge in [0.15, 0.2) is 0 Å². The van der Waals surface area contributed by atoms with E-state index in [0.717, 1.165) is 12.3 Å². The molecule has 29 heavy (non-hydrogen) atoms. The minimum absolute atomic E-state index is 0.105. The molecular formula is C21H27N3O4S. The van der Waals surface area contributed by atoms with Crippen molar-refractivity contribution >= 4 is 22.1 Å². The molecule has 4 aliphatic rings. The Balaban J connectivity index is 1.43. The Bertz CT molecular complexity index is 962. The number of morpholine rings is 1. The van der Waals surface area contributed by atoms with Crippen LogP contribution in [0.5, 0.6) is 0 Å². The second kappa shape index (κ2) is 7.66. The highest BCUT2D eigenvalue weighted by Crippen LogP contribution is 2.58. The van der Waals surface area contributed by atoms with Crippen LogP contribution in [-0.2, 0) is 14.8 Å². The molecule has 1 aliphatic heterocycles. The predicted molar refractivity (Wildman–Crippen MR) is 110 cm³/mol. The quantitative estimate of drug-likeness (QED) is 0.589. The van der Waals surface area contributed by atoms with Crippen LogP contribution in [0.2, 0.25) is 0 Å². The van der Waals surface area contributed by atoms with Crippen molar-refractivity contribution in [1.29, 1.82) is 0 Å². The number of fused-ring (bicyclic) bond motifs is 1. The molecule has 2 fully saturated rings. The first kappa shape index (κ1) is 20.3. The monoisotopic (exact) mass is 417 g/mol. The normalized spacial score (nSPS) is 26.6. The summed E-state index contributed by atoms with van der Waals surface area (Å²) >= 11 is 0. The van der Waals surface area contributed by atoms with Gasteiger partial charge in [0.05, 0.1) is 24.3 Å². The minimum atomic E-state index is -3.64. The summed E-state index contributed by atoms with van der Waals surface area (Å²) in [5.74, 6) is 0.807. The Kier molecular flexibility index (Phi) is 5.35. The number of hydrazone groups is 1. The number of hydrogen-bond acceptors (Lipinski definition) is 5. The molecule has 0 radical (unpaired) electrons. The molecule has 2 atom stereocenters. The van der Waals surface area contributed by atoms with Gasteiger partial charge in [-0.2, -0.15) is 9.41 Å². The van der Waals surface area contributed by atoms with Gasteiger partial charge < -0.3 is 4.74 Å². The number of carbonyl (C=O) groups excluding carboxylic acids is 1. The molecular weight excluding hydrogens is 390 g/mol. The second-order valence-electron chi connectivity index (χ2n) is 8.49. The van der Waals surface area contributed by atoms with E-state index in [0.29, 0.717) is 37.6 Å². The minimum Gasteiger partial charge on any atom is -0.379 e. The first-order chi connectivity index (χ1) is 13.8. The molecule has 1 amide bonds. The maximum absolute atomic E-state index is 12.8. The number of nitrogens with one attached hydrogen (secondary N) is 1. The number of benzene rings is 1. The number of amides is 1. The molecule has 8 heteroatoms. The number of nitrogens with zero attached hydrogens (tertiary/aromatic N) is 2. The molecule has 1 heterocycles. The molecule has 5 rings (SSSR count). The highest BCUT2D eigenvalue weighted by Gasteiger charge is 2.50. The maximum atomic E-state index is 12.8. The lowest BCUT2D eigenvalue weighted by atomic mass is 9.49. The van der Waals surface area contributed by atoms with Crippen LogP contribution >= 0.6 is 0 Å². The van der Waals surface area contributed by atoms with Gasteiger partial charge in [-0.25, -0.2) is 13.8 Å². The van der Waals surface area contributed by atoms with Gasteiger partial charge in [-0.05, 0) is 53.9 Å². The van der Waals surface area contributed by atoms with E-state index in [1.165, 1.54) is 28.4 Å². The lowest BCUT2D eigenvalue weighted by Gasteiger charge is -2.55. The van der Waals surface area contributed by atoms with Crippen LogP contribution in [0.3, 0.4) is 0 Å². The third kappa shape index (κ3) is 3.76. The lowest BCUT2D eigenvalue weighted by Crippen LogP contribution is -2.48. The van der Waals surface area contributed by atoms with Crippen molar-refractivity contribution in [2.45, 2.75) is 31.6 Å². The zero-order valence-electron chi connectivity index (χ0n) is 16.8. The van der Waals surface area contributed by atoms with E-state index in [2.05, 4.69) is 30.5 Å². The Morgan fingerprint density at radius 2 is 2.07 bits per heavy atom. The average molecular weight is 418 g/mol. The molecule has 2 unspecified atom stereocenters. The maximum Gasteiger partial charge on any atom is 0.271 e. The molecule has 2 bridgehead atoms. The molecule has 1 aromatic carbocycles. The van der Waals surface area contributed by atoms with Crippen molar-refractivity contribution in [3.8, 4) is 0 Å². The summed E-state index contributed by atoms with van der Waals surface area (Å²) in [5, 5.41) is 4.12. The molecule has 1 saturated carbocycles. The van der Waals surface area contributed by atoms with E-state index in [9.17, 15) is 13.2 Å². The Labute approximate surface area is 171 Å². The number of rotatable bonds is 5. The van der Waals surface area contributed by atoms with Crippen LogP contribution in [0.15, 0.2) is 45.9 Å². The topological polar surface area (TPSA) is 88.1 Å². The van der Waals surface area contributed by atoms with Gasteiger partial charge in [0.1, 0.15) is 0 Å². The molecule has 1 saturated heterocycles. The standard InChI is InChI=1S/C21H27N3O4S/c1-21(2)17-7-6-16(19(21)13-17)14-22-23-20(25)15-4-3-5-18(12-15)29(26,27)24-8-10-28-11-9-24/h3-6,12,14,17,19H,7-11,13H2,1-2H3,(H,23,25)/b22-14+.